The van der Waals surface area contributed by atoms with Crippen molar-refractivity contribution >= 4 is 35.1 Å². The number of rotatable bonds is 2. The van der Waals surface area contributed by atoms with E-state index in [9.17, 15) is 9.59 Å². The molecule has 172 valence electrons. The van der Waals surface area contributed by atoms with Crippen LogP contribution in [0.3, 0.4) is 0 Å². The van der Waals surface area contributed by atoms with Gasteiger partial charge in [0.1, 0.15) is 11.4 Å². The fourth-order valence-corrected chi connectivity index (χ4v) is 5.25. The molecule has 1 aliphatic carbocycles. The van der Waals surface area contributed by atoms with Crippen molar-refractivity contribution in [3.63, 3.8) is 0 Å². The SMILES string of the molecule is Cc1c(N2CCC3(C2)NC(=O)NC3=O)nc2c(C3=Cc4ccccc4CCC=C3)cnn2c1C. The molecule has 0 bridgehead atoms. The Morgan fingerprint density at radius 1 is 1.15 bits per heavy atom. The fraction of sp³-hybridized carbons (Fsp3) is 0.308. The number of carbonyl (C=O) groups excluding carboxylic acids is 2. The third kappa shape index (κ3) is 3.13. The number of amides is 3. The highest BCUT2D eigenvalue weighted by atomic mass is 16.2. The zero-order valence-electron chi connectivity index (χ0n) is 19.3. The molecule has 0 radical (unpaired) electrons. The summed E-state index contributed by atoms with van der Waals surface area (Å²) in [6, 6.07) is 8.06. The van der Waals surface area contributed by atoms with Gasteiger partial charge in [-0.2, -0.15) is 5.10 Å². The molecule has 3 aromatic rings. The second kappa shape index (κ2) is 7.55. The van der Waals surface area contributed by atoms with Gasteiger partial charge < -0.3 is 10.2 Å². The van der Waals surface area contributed by atoms with E-state index in [1.54, 1.807) is 0 Å². The highest BCUT2D eigenvalue weighted by molar-refractivity contribution is 6.07. The topological polar surface area (TPSA) is 91.6 Å². The fourth-order valence-electron chi connectivity index (χ4n) is 5.25. The van der Waals surface area contributed by atoms with Gasteiger partial charge in [-0.15, -0.1) is 0 Å². The standard InChI is InChI=1S/C26H26N6O2/c1-16-17(2)32-23(28-22(16)31-12-11-26(15-31)24(33)29-25(34)30-26)21(14-27-32)20-10-6-4-8-18-7-3-5-9-19(18)13-20/h3,5-7,9-10,13-14H,4,8,11-12,15H2,1-2H3,(H2,29,30,33,34). The van der Waals surface area contributed by atoms with Gasteiger partial charge in [0.25, 0.3) is 5.91 Å². The van der Waals surface area contributed by atoms with Gasteiger partial charge in [-0.25, -0.2) is 14.3 Å². The van der Waals surface area contributed by atoms with E-state index in [2.05, 4.69) is 63.1 Å². The lowest BCUT2D eigenvalue weighted by Gasteiger charge is -2.24. The van der Waals surface area contributed by atoms with Crippen LogP contribution in [0.2, 0.25) is 0 Å². The van der Waals surface area contributed by atoms with Crippen molar-refractivity contribution in [3.8, 4) is 0 Å². The Hall–Kier alpha value is -3.94. The van der Waals surface area contributed by atoms with Crippen molar-refractivity contribution in [1.82, 2.24) is 25.2 Å². The number of nitrogens with zero attached hydrogens (tertiary/aromatic N) is 4. The Morgan fingerprint density at radius 2 is 2.00 bits per heavy atom. The third-order valence-electron chi connectivity index (χ3n) is 7.29. The molecule has 34 heavy (non-hydrogen) atoms. The first-order chi connectivity index (χ1) is 16.4. The van der Waals surface area contributed by atoms with Crippen LogP contribution in [0.1, 0.15) is 40.8 Å². The molecule has 4 heterocycles. The molecule has 1 spiro atoms. The molecule has 3 aliphatic rings. The van der Waals surface area contributed by atoms with Crippen LogP contribution in [-0.4, -0.2) is 45.2 Å². The van der Waals surface area contributed by atoms with Crippen LogP contribution in [0.15, 0.2) is 42.6 Å². The summed E-state index contributed by atoms with van der Waals surface area (Å²) < 4.78 is 1.89. The number of imide groups is 1. The molecule has 2 saturated heterocycles. The van der Waals surface area contributed by atoms with Crippen molar-refractivity contribution < 1.29 is 9.59 Å². The number of anilines is 1. The van der Waals surface area contributed by atoms with Crippen molar-refractivity contribution in [2.75, 3.05) is 18.0 Å². The highest BCUT2D eigenvalue weighted by Crippen LogP contribution is 2.33. The summed E-state index contributed by atoms with van der Waals surface area (Å²) in [6.45, 7) is 5.10. The molecule has 6 rings (SSSR count). The van der Waals surface area contributed by atoms with Gasteiger partial charge >= 0.3 is 6.03 Å². The Morgan fingerprint density at radius 3 is 2.82 bits per heavy atom. The number of benzene rings is 1. The molecule has 8 nitrogen and oxygen atoms in total. The lowest BCUT2D eigenvalue weighted by Crippen LogP contribution is -2.49. The van der Waals surface area contributed by atoms with Crippen LogP contribution in [-0.2, 0) is 11.2 Å². The van der Waals surface area contributed by atoms with Crippen LogP contribution < -0.4 is 15.5 Å². The lowest BCUT2D eigenvalue weighted by atomic mass is 9.95. The van der Waals surface area contributed by atoms with E-state index in [-0.39, 0.29) is 5.91 Å². The van der Waals surface area contributed by atoms with Gasteiger partial charge in [-0.1, -0.05) is 36.4 Å². The number of aryl methyl sites for hydroxylation is 2. The number of aromatic nitrogens is 3. The lowest BCUT2D eigenvalue weighted by molar-refractivity contribution is -0.123. The minimum absolute atomic E-state index is 0.260. The highest BCUT2D eigenvalue weighted by Gasteiger charge is 2.51. The summed E-state index contributed by atoms with van der Waals surface area (Å²) in [7, 11) is 0. The largest absolute Gasteiger partial charge is 0.353 e. The number of hydrogen-bond acceptors (Lipinski definition) is 5. The quantitative estimate of drug-likeness (QED) is 0.581. The van der Waals surface area contributed by atoms with Gasteiger partial charge in [-0.3, -0.25) is 10.1 Å². The number of allylic oxidation sites excluding steroid dienone is 3. The number of carbonyl (C=O) groups is 2. The molecule has 1 unspecified atom stereocenters. The summed E-state index contributed by atoms with van der Waals surface area (Å²) in [4.78, 5) is 31.4. The second-order valence-corrected chi connectivity index (χ2v) is 9.34. The van der Waals surface area contributed by atoms with Crippen LogP contribution in [0.5, 0.6) is 0 Å². The maximum absolute atomic E-state index is 12.5. The second-order valence-electron chi connectivity index (χ2n) is 9.34. The average molecular weight is 455 g/mol. The molecule has 2 fully saturated rings. The summed E-state index contributed by atoms with van der Waals surface area (Å²) in [5.74, 6) is 0.567. The van der Waals surface area contributed by atoms with E-state index in [4.69, 9.17) is 4.98 Å². The molecular weight excluding hydrogens is 428 g/mol. The third-order valence-corrected chi connectivity index (χ3v) is 7.29. The molecule has 2 N–H and O–H groups in total. The minimum atomic E-state index is -0.886. The monoisotopic (exact) mass is 454 g/mol. The molecular formula is C26H26N6O2. The predicted molar refractivity (Wildman–Crippen MR) is 130 cm³/mol. The first-order valence-electron chi connectivity index (χ1n) is 11.7. The summed E-state index contributed by atoms with van der Waals surface area (Å²) in [5, 5.41) is 9.87. The van der Waals surface area contributed by atoms with Gasteiger partial charge in [0.15, 0.2) is 5.65 Å². The van der Waals surface area contributed by atoms with Crippen LogP contribution in [0, 0.1) is 13.8 Å². The van der Waals surface area contributed by atoms with Gasteiger partial charge in [0.05, 0.1) is 12.7 Å². The van der Waals surface area contributed by atoms with E-state index in [1.807, 2.05) is 24.6 Å². The molecule has 2 aromatic heterocycles. The molecule has 2 aliphatic heterocycles. The summed E-state index contributed by atoms with van der Waals surface area (Å²) >= 11 is 0. The smallest absolute Gasteiger partial charge is 0.322 e. The zero-order chi connectivity index (χ0) is 23.4. The van der Waals surface area contributed by atoms with Gasteiger partial charge in [-0.05, 0) is 55.9 Å². The Kier molecular flexibility index (Phi) is 4.58. The Labute approximate surface area is 197 Å². The van der Waals surface area contributed by atoms with Crippen molar-refractivity contribution in [3.05, 3.63) is 70.6 Å². The van der Waals surface area contributed by atoms with E-state index < -0.39 is 11.6 Å². The van der Waals surface area contributed by atoms with Crippen LogP contribution in [0.4, 0.5) is 10.6 Å². The summed E-state index contributed by atoms with van der Waals surface area (Å²) in [5.41, 5.74) is 6.51. The number of fused-ring (bicyclic) bond motifs is 2. The Balaban J connectivity index is 1.45. The van der Waals surface area contributed by atoms with E-state index in [0.29, 0.717) is 19.5 Å². The Bertz CT molecular complexity index is 1420. The maximum Gasteiger partial charge on any atom is 0.322 e. The molecule has 3 amide bonds. The average Bonchev–Trinajstić information content (AvgIpc) is 3.49. The minimum Gasteiger partial charge on any atom is -0.353 e. The van der Waals surface area contributed by atoms with Crippen molar-refractivity contribution in [1.29, 1.82) is 0 Å². The molecule has 0 saturated carbocycles. The first kappa shape index (κ1) is 20.7. The van der Waals surface area contributed by atoms with E-state index in [0.717, 1.165) is 46.7 Å². The number of urea groups is 1. The number of nitrogens with one attached hydrogen (secondary N) is 2. The van der Waals surface area contributed by atoms with E-state index >= 15 is 0 Å². The molecule has 8 heteroatoms. The van der Waals surface area contributed by atoms with Crippen LogP contribution >= 0.6 is 0 Å². The zero-order valence-corrected chi connectivity index (χ0v) is 19.3. The van der Waals surface area contributed by atoms with Gasteiger partial charge in [0, 0.05) is 23.4 Å². The first-order valence-corrected chi connectivity index (χ1v) is 11.7. The van der Waals surface area contributed by atoms with E-state index in [1.165, 1.54) is 11.1 Å². The predicted octanol–water partition coefficient (Wildman–Crippen LogP) is 3.18. The normalized spacial score (nSPS) is 21.9. The number of hydrogen-bond donors (Lipinski definition) is 2. The van der Waals surface area contributed by atoms with Crippen molar-refractivity contribution in [2.45, 2.75) is 38.6 Å². The van der Waals surface area contributed by atoms with Crippen molar-refractivity contribution in [2.24, 2.45) is 0 Å². The summed E-state index contributed by atoms with van der Waals surface area (Å²) in [6.07, 6.45) is 11.0. The van der Waals surface area contributed by atoms with Gasteiger partial charge in [0.2, 0.25) is 0 Å². The molecule has 1 atom stereocenters. The van der Waals surface area contributed by atoms with Crippen LogP contribution in [0.25, 0.3) is 17.3 Å². The molecule has 1 aromatic carbocycles. The maximum atomic E-state index is 12.5.